The van der Waals surface area contributed by atoms with Crippen LogP contribution in [0, 0.1) is 0 Å². The normalized spacial score (nSPS) is 45.4. The predicted molar refractivity (Wildman–Crippen MR) is 58.6 cm³/mol. The molecule has 0 saturated carbocycles. The number of hydrogen-bond donors (Lipinski definition) is 0. The van der Waals surface area contributed by atoms with Crippen molar-refractivity contribution in [3.8, 4) is 0 Å². The van der Waals surface area contributed by atoms with Gasteiger partial charge < -0.3 is 23.7 Å². The minimum atomic E-state index is -0.776. The van der Waals surface area contributed by atoms with Gasteiger partial charge in [0, 0.05) is 0 Å². The van der Waals surface area contributed by atoms with Gasteiger partial charge >= 0.3 is 0 Å². The average molecular weight is 258 g/mol. The molecule has 102 valence electrons. The maximum absolute atomic E-state index is 12.2. The fourth-order valence-electron chi connectivity index (χ4n) is 2.53. The van der Waals surface area contributed by atoms with Crippen LogP contribution in [0.3, 0.4) is 0 Å². The van der Waals surface area contributed by atoms with E-state index >= 15 is 0 Å². The van der Waals surface area contributed by atoms with Gasteiger partial charge in [-0.15, -0.1) is 0 Å². The third-order valence-electron chi connectivity index (χ3n) is 3.27. The SMILES string of the molecule is CC1(C)OCC([C@@H]2O[C@H]3OC(C)(C)O[C@@H]3C2=O)O1. The highest BCUT2D eigenvalue weighted by Gasteiger charge is 2.57. The van der Waals surface area contributed by atoms with Crippen molar-refractivity contribution in [3.05, 3.63) is 0 Å². The molecule has 6 nitrogen and oxygen atoms in total. The Bertz CT molecular complexity index is 377. The van der Waals surface area contributed by atoms with E-state index in [0.717, 1.165) is 0 Å². The van der Waals surface area contributed by atoms with Crippen molar-refractivity contribution < 1.29 is 28.5 Å². The van der Waals surface area contributed by atoms with Gasteiger partial charge in [-0.3, -0.25) is 4.79 Å². The van der Waals surface area contributed by atoms with Gasteiger partial charge in [0.25, 0.3) is 0 Å². The summed E-state index contributed by atoms with van der Waals surface area (Å²) in [6.07, 6.45) is -2.35. The summed E-state index contributed by atoms with van der Waals surface area (Å²) in [5.41, 5.74) is 0. The lowest BCUT2D eigenvalue weighted by atomic mass is 10.1. The van der Waals surface area contributed by atoms with Crippen molar-refractivity contribution >= 4 is 5.78 Å². The first-order valence-electron chi connectivity index (χ1n) is 6.14. The van der Waals surface area contributed by atoms with E-state index in [1.54, 1.807) is 13.8 Å². The van der Waals surface area contributed by atoms with E-state index in [9.17, 15) is 4.79 Å². The van der Waals surface area contributed by atoms with Crippen LogP contribution in [0.5, 0.6) is 0 Å². The molecule has 3 fully saturated rings. The second kappa shape index (κ2) is 3.74. The van der Waals surface area contributed by atoms with Crippen LogP contribution in [0.25, 0.3) is 0 Å². The van der Waals surface area contributed by atoms with Gasteiger partial charge in [0.2, 0.25) is 0 Å². The Kier molecular flexibility index (Phi) is 2.60. The van der Waals surface area contributed by atoms with E-state index in [0.29, 0.717) is 6.61 Å². The van der Waals surface area contributed by atoms with Crippen molar-refractivity contribution in [3.63, 3.8) is 0 Å². The minimum absolute atomic E-state index is 0.128. The smallest absolute Gasteiger partial charge is 0.198 e. The summed E-state index contributed by atoms with van der Waals surface area (Å²) in [6.45, 7) is 7.48. The van der Waals surface area contributed by atoms with Crippen LogP contribution < -0.4 is 0 Å². The maximum Gasteiger partial charge on any atom is 0.198 e. The molecule has 0 radical (unpaired) electrons. The highest BCUT2D eigenvalue weighted by atomic mass is 16.8. The third-order valence-corrected chi connectivity index (χ3v) is 3.27. The molecule has 0 aliphatic carbocycles. The topological polar surface area (TPSA) is 63.2 Å². The molecule has 0 N–H and O–H groups in total. The van der Waals surface area contributed by atoms with Crippen molar-refractivity contribution in [2.45, 2.75) is 63.9 Å². The van der Waals surface area contributed by atoms with Crippen molar-refractivity contribution in [2.75, 3.05) is 6.61 Å². The van der Waals surface area contributed by atoms with Gasteiger partial charge in [0.15, 0.2) is 35.9 Å². The van der Waals surface area contributed by atoms with Gasteiger partial charge in [-0.05, 0) is 27.7 Å². The van der Waals surface area contributed by atoms with E-state index in [2.05, 4.69) is 0 Å². The van der Waals surface area contributed by atoms with Crippen LogP contribution in [0.2, 0.25) is 0 Å². The Balaban J connectivity index is 1.70. The van der Waals surface area contributed by atoms with Crippen LogP contribution in [0.1, 0.15) is 27.7 Å². The van der Waals surface area contributed by atoms with Gasteiger partial charge in [-0.2, -0.15) is 0 Å². The second-order valence-electron chi connectivity index (χ2n) is 5.75. The number of hydrogen-bond acceptors (Lipinski definition) is 6. The Labute approximate surface area is 105 Å². The Morgan fingerprint density at radius 3 is 2.28 bits per heavy atom. The highest BCUT2D eigenvalue weighted by molar-refractivity contribution is 5.90. The molecule has 3 heterocycles. The Hall–Kier alpha value is -0.530. The van der Waals surface area contributed by atoms with Gasteiger partial charge in [-0.25, -0.2) is 0 Å². The molecule has 3 rings (SSSR count). The fourth-order valence-corrected chi connectivity index (χ4v) is 2.53. The molecule has 4 atom stereocenters. The molecule has 3 saturated heterocycles. The largest absolute Gasteiger partial charge is 0.348 e. The average Bonchev–Trinajstić information content (AvgIpc) is 2.81. The lowest BCUT2D eigenvalue weighted by molar-refractivity contribution is -0.219. The summed E-state index contributed by atoms with van der Waals surface area (Å²) in [4.78, 5) is 12.2. The van der Waals surface area contributed by atoms with Gasteiger partial charge in [0.05, 0.1) is 6.61 Å². The second-order valence-corrected chi connectivity index (χ2v) is 5.75. The first-order valence-corrected chi connectivity index (χ1v) is 6.14. The standard InChI is InChI=1S/C12H18O6/c1-11(2)14-5-6(16-11)8-7(13)9-10(15-8)18-12(3,4)17-9/h6,8-10H,5H2,1-4H3/t6?,8-,9+,10-/m0/s1. The zero-order valence-corrected chi connectivity index (χ0v) is 11.0. The number of rotatable bonds is 1. The lowest BCUT2D eigenvalue weighted by Gasteiger charge is -2.23. The summed E-state index contributed by atoms with van der Waals surface area (Å²) in [6, 6.07) is 0. The molecular weight excluding hydrogens is 240 g/mol. The van der Waals surface area contributed by atoms with Gasteiger partial charge in [0.1, 0.15) is 6.10 Å². The molecule has 3 aliphatic rings. The summed E-state index contributed by atoms with van der Waals surface area (Å²) in [7, 11) is 0. The van der Waals surface area contributed by atoms with Crippen molar-refractivity contribution in [1.29, 1.82) is 0 Å². The highest BCUT2D eigenvalue weighted by Crippen LogP contribution is 2.38. The monoisotopic (exact) mass is 258 g/mol. The van der Waals surface area contributed by atoms with Crippen LogP contribution in [0.15, 0.2) is 0 Å². The summed E-state index contributed by atoms with van der Waals surface area (Å²) in [5.74, 6) is -1.58. The molecule has 0 aromatic rings. The van der Waals surface area contributed by atoms with Crippen molar-refractivity contribution in [1.82, 2.24) is 0 Å². The number of ketones is 1. The summed E-state index contributed by atoms with van der Waals surface area (Å²) >= 11 is 0. The van der Waals surface area contributed by atoms with Crippen LogP contribution in [-0.2, 0) is 28.5 Å². The molecule has 6 heteroatoms. The van der Waals surface area contributed by atoms with Crippen LogP contribution in [0.4, 0.5) is 0 Å². The first-order chi connectivity index (χ1) is 8.27. The Morgan fingerprint density at radius 2 is 1.72 bits per heavy atom. The molecule has 0 bridgehead atoms. The quantitative estimate of drug-likeness (QED) is 0.685. The molecule has 0 aromatic heterocycles. The zero-order chi connectivity index (χ0) is 13.1. The van der Waals surface area contributed by atoms with Gasteiger partial charge in [-0.1, -0.05) is 0 Å². The van der Waals surface area contributed by atoms with E-state index in [1.807, 2.05) is 13.8 Å². The molecule has 0 aromatic carbocycles. The van der Waals surface area contributed by atoms with Crippen molar-refractivity contribution in [2.24, 2.45) is 0 Å². The summed E-state index contributed by atoms with van der Waals surface area (Å²) < 4.78 is 27.7. The molecule has 0 spiro atoms. The van der Waals surface area contributed by atoms with E-state index in [4.69, 9.17) is 23.7 Å². The molecule has 1 unspecified atom stereocenters. The number of fused-ring (bicyclic) bond motifs is 1. The minimum Gasteiger partial charge on any atom is -0.348 e. The number of carbonyl (C=O) groups is 1. The number of Topliss-reactive ketones (excluding diaryl/α,β-unsaturated/α-hetero) is 1. The molecule has 0 amide bonds. The Morgan fingerprint density at radius 1 is 1.00 bits per heavy atom. The number of carbonyl (C=O) groups excluding carboxylic acids is 1. The molecule has 3 aliphatic heterocycles. The fraction of sp³-hybridized carbons (Fsp3) is 0.917. The van der Waals surface area contributed by atoms with Crippen LogP contribution in [-0.4, -0.2) is 48.6 Å². The predicted octanol–water partition coefficient (Wildman–Crippen LogP) is 0.583. The lowest BCUT2D eigenvalue weighted by Crippen LogP contribution is -2.39. The third kappa shape index (κ3) is 1.98. The zero-order valence-electron chi connectivity index (χ0n) is 11.0. The van der Waals surface area contributed by atoms with E-state index < -0.39 is 36.2 Å². The van der Waals surface area contributed by atoms with E-state index in [-0.39, 0.29) is 5.78 Å². The number of ether oxygens (including phenoxy) is 5. The first kappa shape index (κ1) is 12.5. The van der Waals surface area contributed by atoms with Crippen LogP contribution >= 0.6 is 0 Å². The van der Waals surface area contributed by atoms with E-state index in [1.165, 1.54) is 0 Å². The summed E-state index contributed by atoms with van der Waals surface area (Å²) in [5, 5.41) is 0. The molecular formula is C12H18O6. The molecule has 18 heavy (non-hydrogen) atoms. The maximum atomic E-state index is 12.2.